The normalized spacial score (nSPS) is 11.0. The molecule has 0 bridgehead atoms. The van der Waals surface area contributed by atoms with E-state index in [1.165, 1.54) is 20.3 Å². The fourth-order valence-electron chi connectivity index (χ4n) is 4.34. The van der Waals surface area contributed by atoms with Crippen molar-refractivity contribution in [3.63, 3.8) is 0 Å². The van der Waals surface area contributed by atoms with Crippen LogP contribution >= 0.6 is 23.2 Å². The van der Waals surface area contributed by atoms with E-state index in [1.807, 2.05) is 30.3 Å². The van der Waals surface area contributed by atoms with Gasteiger partial charge in [0.05, 0.1) is 24.3 Å². The van der Waals surface area contributed by atoms with Crippen LogP contribution in [0.1, 0.15) is 11.4 Å². The first-order valence-corrected chi connectivity index (χ1v) is 13.0. The number of fused-ring (bicyclic) bond motifs is 3. The van der Waals surface area contributed by atoms with Gasteiger partial charge in [0.1, 0.15) is 11.5 Å². The summed E-state index contributed by atoms with van der Waals surface area (Å²) < 4.78 is 12.6. The highest BCUT2D eigenvalue weighted by Crippen LogP contribution is 2.47. The van der Waals surface area contributed by atoms with Crippen molar-refractivity contribution in [2.24, 2.45) is 0 Å². The lowest BCUT2D eigenvalue weighted by Crippen LogP contribution is -2.07. The van der Waals surface area contributed by atoms with Gasteiger partial charge in [0.15, 0.2) is 17.1 Å². The third-order valence-electron chi connectivity index (χ3n) is 6.27. The Balaban J connectivity index is 1.64. The molecule has 0 atom stereocenters. The molecule has 0 spiro atoms. The highest BCUT2D eigenvalue weighted by Gasteiger charge is 2.24. The van der Waals surface area contributed by atoms with Crippen molar-refractivity contribution >= 4 is 57.4 Å². The standard InChI is InChI=1S/C28H25Cl2N7O3/c1-5-22(38)33-17-8-6-7-15(11-17)9-10-21-34-27-18(23-24(29)19(39-3)13-20(40-4)25(23)30)12-16-14-32-28(31-2)35-26(16)37(27)36-21/h5-8,11-14H,1,9-10H2,2-4H3,(H,33,38)(H,31,32,35). The van der Waals surface area contributed by atoms with Crippen LogP contribution in [0.25, 0.3) is 27.8 Å². The third kappa shape index (κ3) is 5.11. The number of ether oxygens (including phenoxy) is 2. The van der Waals surface area contributed by atoms with Gasteiger partial charge in [-0.3, -0.25) is 4.79 Å². The number of anilines is 2. The van der Waals surface area contributed by atoms with Crippen molar-refractivity contribution in [1.29, 1.82) is 0 Å². The Bertz CT molecular complexity index is 1740. The molecule has 1 amide bonds. The molecule has 5 aromatic rings. The van der Waals surface area contributed by atoms with E-state index >= 15 is 0 Å². The van der Waals surface area contributed by atoms with Crippen LogP contribution in [0.5, 0.6) is 11.5 Å². The number of carbonyl (C=O) groups is 1. The summed E-state index contributed by atoms with van der Waals surface area (Å²) in [5.41, 5.74) is 3.88. The molecule has 0 radical (unpaired) electrons. The smallest absolute Gasteiger partial charge is 0.247 e. The molecule has 0 unspecified atom stereocenters. The largest absolute Gasteiger partial charge is 0.495 e. The van der Waals surface area contributed by atoms with E-state index in [9.17, 15) is 4.79 Å². The van der Waals surface area contributed by atoms with E-state index in [2.05, 4.69) is 27.2 Å². The van der Waals surface area contributed by atoms with Crippen molar-refractivity contribution in [3.05, 3.63) is 76.7 Å². The lowest BCUT2D eigenvalue weighted by atomic mass is 10.0. The van der Waals surface area contributed by atoms with E-state index in [4.69, 9.17) is 42.8 Å². The lowest BCUT2D eigenvalue weighted by molar-refractivity contribution is -0.111. The van der Waals surface area contributed by atoms with Crippen LogP contribution < -0.4 is 20.1 Å². The fraction of sp³-hybridized carbons (Fsp3) is 0.179. The Morgan fingerprint density at radius 3 is 2.48 bits per heavy atom. The molecule has 0 fully saturated rings. The maximum absolute atomic E-state index is 11.7. The van der Waals surface area contributed by atoms with Gasteiger partial charge in [-0.05, 0) is 36.3 Å². The van der Waals surface area contributed by atoms with Crippen molar-refractivity contribution in [2.75, 3.05) is 31.9 Å². The lowest BCUT2D eigenvalue weighted by Gasteiger charge is -2.15. The van der Waals surface area contributed by atoms with E-state index < -0.39 is 0 Å². The van der Waals surface area contributed by atoms with E-state index in [1.54, 1.807) is 23.8 Å². The van der Waals surface area contributed by atoms with Gasteiger partial charge < -0.3 is 20.1 Å². The van der Waals surface area contributed by atoms with Gasteiger partial charge >= 0.3 is 0 Å². The summed E-state index contributed by atoms with van der Waals surface area (Å²) in [6, 6.07) is 11.1. The van der Waals surface area contributed by atoms with Gasteiger partial charge in [-0.2, -0.15) is 9.50 Å². The van der Waals surface area contributed by atoms with Gasteiger partial charge in [-0.15, -0.1) is 5.10 Å². The van der Waals surface area contributed by atoms with Crippen LogP contribution in [0.4, 0.5) is 11.6 Å². The zero-order chi connectivity index (χ0) is 28.4. The topological polar surface area (TPSA) is 116 Å². The van der Waals surface area contributed by atoms with E-state index in [0.717, 1.165) is 5.56 Å². The molecule has 0 saturated heterocycles. The number of aromatic nitrogens is 5. The SMILES string of the molecule is C=CC(=O)Nc1cccc(CCc2nc3c(-c4c(Cl)c(OC)cc(OC)c4Cl)cc4cnc(NC)nc4n3n2)c1. The van der Waals surface area contributed by atoms with Crippen LogP contribution in [-0.2, 0) is 17.6 Å². The Morgan fingerprint density at radius 1 is 1.05 bits per heavy atom. The Kier molecular flexibility index (Phi) is 7.72. The summed E-state index contributed by atoms with van der Waals surface area (Å²) in [6.07, 6.45) is 4.08. The average Bonchev–Trinajstić information content (AvgIpc) is 3.41. The van der Waals surface area contributed by atoms with Crippen molar-refractivity contribution < 1.29 is 14.3 Å². The molecule has 3 aromatic heterocycles. The summed E-state index contributed by atoms with van der Waals surface area (Å²) in [5.74, 6) is 1.56. The minimum atomic E-state index is -0.270. The van der Waals surface area contributed by atoms with Gasteiger partial charge in [0, 0.05) is 47.9 Å². The second-order valence-corrected chi connectivity index (χ2v) is 9.48. The van der Waals surface area contributed by atoms with E-state index in [-0.39, 0.29) is 5.91 Å². The molecule has 204 valence electrons. The van der Waals surface area contributed by atoms with Crippen molar-refractivity contribution in [1.82, 2.24) is 24.6 Å². The molecule has 3 heterocycles. The van der Waals surface area contributed by atoms with Crippen molar-refractivity contribution in [3.8, 4) is 22.6 Å². The second-order valence-electron chi connectivity index (χ2n) is 8.72. The van der Waals surface area contributed by atoms with Gasteiger partial charge in [-0.25, -0.2) is 9.97 Å². The predicted molar refractivity (Wildman–Crippen MR) is 157 cm³/mol. The number of methoxy groups -OCH3 is 2. The highest BCUT2D eigenvalue weighted by molar-refractivity contribution is 6.41. The summed E-state index contributed by atoms with van der Waals surface area (Å²) >= 11 is 13.6. The summed E-state index contributed by atoms with van der Waals surface area (Å²) in [6.45, 7) is 3.49. The van der Waals surface area contributed by atoms with Crippen LogP contribution in [0, 0.1) is 0 Å². The summed E-state index contributed by atoms with van der Waals surface area (Å²) in [7, 11) is 4.79. The number of carbonyl (C=O) groups excluding carboxylic acids is 1. The minimum absolute atomic E-state index is 0.270. The van der Waals surface area contributed by atoms with Crippen LogP contribution in [-0.4, -0.2) is 51.7 Å². The maximum Gasteiger partial charge on any atom is 0.247 e. The number of hydrogen-bond donors (Lipinski definition) is 2. The quantitative estimate of drug-likeness (QED) is 0.217. The van der Waals surface area contributed by atoms with Crippen LogP contribution in [0.3, 0.4) is 0 Å². The molecule has 12 heteroatoms. The molecular weight excluding hydrogens is 553 g/mol. The number of hydrogen-bond acceptors (Lipinski definition) is 8. The van der Waals surface area contributed by atoms with Crippen LogP contribution in [0.15, 0.2) is 55.3 Å². The first kappa shape index (κ1) is 27.2. The number of aryl methyl sites for hydroxylation is 2. The average molecular weight is 578 g/mol. The Hall–Kier alpha value is -4.41. The van der Waals surface area contributed by atoms with Gasteiger partial charge in [0.25, 0.3) is 0 Å². The number of halogens is 2. The summed E-state index contributed by atoms with van der Waals surface area (Å²) in [4.78, 5) is 25.6. The van der Waals surface area contributed by atoms with Gasteiger partial charge in [-0.1, -0.05) is 41.9 Å². The number of pyridine rings is 1. The molecule has 5 rings (SSSR count). The number of nitrogens with one attached hydrogen (secondary N) is 2. The number of nitrogens with zero attached hydrogens (tertiary/aromatic N) is 5. The molecule has 0 aliphatic rings. The maximum atomic E-state index is 11.7. The molecule has 10 nitrogen and oxygen atoms in total. The number of rotatable bonds is 9. The fourth-order valence-corrected chi connectivity index (χ4v) is 5.04. The monoisotopic (exact) mass is 577 g/mol. The molecular formula is C28H25Cl2N7O3. The van der Waals surface area contributed by atoms with Crippen molar-refractivity contribution in [2.45, 2.75) is 12.8 Å². The third-order valence-corrected chi connectivity index (χ3v) is 7.02. The predicted octanol–water partition coefficient (Wildman–Crippen LogP) is 5.61. The zero-order valence-electron chi connectivity index (χ0n) is 22.0. The molecule has 0 saturated carbocycles. The molecule has 2 N–H and O–H groups in total. The number of amides is 1. The first-order valence-electron chi connectivity index (χ1n) is 12.2. The van der Waals surface area contributed by atoms with Gasteiger partial charge in [0.2, 0.25) is 11.9 Å². The second kappa shape index (κ2) is 11.4. The minimum Gasteiger partial charge on any atom is -0.495 e. The molecule has 40 heavy (non-hydrogen) atoms. The van der Waals surface area contributed by atoms with Crippen LogP contribution in [0.2, 0.25) is 10.0 Å². The Morgan fingerprint density at radius 2 is 1.80 bits per heavy atom. The Labute approximate surface area is 240 Å². The van der Waals surface area contributed by atoms with E-state index in [0.29, 0.717) is 79.7 Å². The summed E-state index contributed by atoms with van der Waals surface area (Å²) in [5, 5.41) is 11.9. The molecule has 0 aliphatic carbocycles. The molecule has 2 aromatic carbocycles. The highest BCUT2D eigenvalue weighted by atomic mass is 35.5. The zero-order valence-corrected chi connectivity index (χ0v) is 23.5. The molecule has 0 aliphatic heterocycles. The number of benzene rings is 2. The first-order chi connectivity index (χ1) is 19.4.